The van der Waals surface area contributed by atoms with E-state index in [2.05, 4.69) is 41.4 Å². The molecule has 0 spiro atoms. The number of aromatic nitrogens is 1. The summed E-state index contributed by atoms with van der Waals surface area (Å²) >= 11 is 0. The molecule has 2 heteroatoms. The number of hydrogen-bond acceptors (Lipinski definition) is 1. The van der Waals surface area contributed by atoms with Crippen molar-refractivity contribution in [3.8, 4) is 16.9 Å². The van der Waals surface area contributed by atoms with E-state index in [0.29, 0.717) is 0 Å². The lowest BCUT2D eigenvalue weighted by Gasteiger charge is -2.04. The summed E-state index contributed by atoms with van der Waals surface area (Å²) in [4.78, 5) is 3.20. The molecule has 0 aliphatic rings. The molecule has 84 valence electrons. The minimum Gasteiger partial charge on any atom is -0.497 e. The predicted molar refractivity (Wildman–Crippen MR) is 70.3 cm³/mol. The zero-order chi connectivity index (χ0) is 11.7. The van der Waals surface area contributed by atoms with Crippen LogP contribution in [-0.4, -0.2) is 12.1 Å². The van der Waals surface area contributed by atoms with Gasteiger partial charge in [0.25, 0.3) is 0 Å². The van der Waals surface area contributed by atoms with Gasteiger partial charge in [-0.15, -0.1) is 0 Å². The third-order valence-corrected chi connectivity index (χ3v) is 2.98. The second-order valence-electron chi connectivity index (χ2n) is 4.01. The summed E-state index contributed by atoms with van der Waals surface area (Å²) < 4.78 is 5.16. The average molecular weight is 223 g/mol. The van der Waals surface area contributed by atoms with Gasteiger partial charge < -0.3 is 9.72 Å². The van der Waals surface area contributed by atoms with Gasteiger partial charge in [-0.3, -0.25) is 0 Å². The van der Waals surface area contributed by atoms with Gasteiger partial charge in [0.05, 0.1) is 7.11 Å². The highest BCUT2D eigenvalue weighted by atomic mass is 16.5. The van der Waals surface area contributed by atoms with Crippen LogP contribution in [0.25, 0.3) is 22.0 Å². The van der Waals surface area contributed by atoms with E-state index in [4.69, 9.17) is 4.74 Å². The average Bonchev–Trinajstić information content (AvgIpc) is 2.86. The fourth-order valence-corrected chi connectivity index (χ4v) is 2.02. The minimum atomic E-state index is 0.886. The van der Waals surface area contributed by atoms with E-state index in [-0.39, 0.29) is 0 Å². The van der Waals surface area contributed by atoms with Crippen molar-refractivity contribution in [2.45, 2.75) is 0 Å². The first kappa shape index (κ1) is 9.97. The van der Waals surface area contributed by atoms with Crippen LogP contribution >= 0.6 is 0 Å². The summed E-state index contributed by atoms with van der Waals surface area (Å²) in [5, 5.41) is 1.23. The van der Waals surface area contributed by atoms with Crippen molar-refractivity contribution in [1.82, 2.24) is 4.98 Å². The van der Waals surface area contributed by atoms with E-state index < -0.39 is 0 Å². The zero-order valence-corrected chi connectivity index (χ0v) is 9.60. The highest BCUT2D eigenvalue weighted by Gasteiger charge is 2.00. The van der Waals surface area contributed by atoms with Crippen molar-refractivity contribution >= 4 is 10.9 Å². The molecule has 0 bridgehead atoms. The lowest BCUT2D eigenvalue weighted by Crippen LogP contribution is -1.82. The number of aromatic amines is 1. The van der Waals surface area contributed by atoms with Gasteiger partial charge in [0, 0.05) is 11.7 Å². The number of nitrogens with one attached hydrogen (secondary N) is 1. The normalized spacial score (nSPS) is 10.6. The summed E-state index contributed by atoms with van der Waals surface area (Å²) in [6, 6.07) is 16.6. The van der Waals surface area contributed by atoms with Crippen LogP contribution in [-0.2, 0) is 0 Å². The third-order valence-electron chi connectivity index (χ3n) is 2.98. The van der Waals surface area contributed by atoms with Crippen molar-refractivity contribution in [2.24, 2.45) is 0 Å². The Kier molecular flexibility index (Phi) is 2.33. The Bertz CT molecular complexity index is 637. The van der Waals surface area contributed by atoms with E-state index in [1.807, 2.05) is 18.3 Å². The molecular weight excluding hydrogens is 210 g/mol. The maximum Gasteiger partial charge on any atom is 0.118 e. The number of benzene rings is 2. The monoisotopic (exact) mass is 223 g/mol. The van der Waals surface area contributed by atoms with E-state index >= 15 is 0 Å². The Labute approximate surface area is 99.9 Å². The molecule has 17 heavy (non-hydrogen) atoms. The highest BCUT2D eigenvalue weighted by Crippen LogP contribution is 2.25. The molecule has 0 unspecified atom stereocenters. The van der Waals surface area contributed by atoms with Crippen LogP contribution in [0.5, 0.6) is 5.75 Å². The number of methoxy groups -OCH3 is 1. The van der Waals surface area contributed by atoms with Crippen LogP contribution in [0.4, 0.5) is 0 Å². The van der Waals surface area contributed by atoms with E-state index in [1.54, 1.807) is 7.11 Å². The standard InChI is InChI=1S/C15H13NO/c1-17-14-5-2-11(3-6-14)12-4-7-15-13(10-12)8-9-16-15/h2-10,16H,1H3. The van der Waals surface area contributed by atoms with Gasteiger partial charge in [-0.2, -0.15) is 0 Å². The maximum atomic E-state index is 5.16. The van der Waals surface area contributed by atoms with Crippen LogP contribution in [0.3, 0.4) is 0 Å². The summed E-state index contributed by atoms with van der Waals surface area (Å²) in [5.74, 6) is 0.886. The smallest absolute Gasteiger partial charge is 0.118 e. The molecule has 0 atom stereocenters. The largest absolute Gasteiger partial charge is 0.497 e. The second kappa shape index (κ2) is 3.98. The van der Waals surface area contributed by atoms with Gasteiger partial charge in [0.15, 0.2) is 0 Å². The topological polar surface area (TPSA) is 25.0 Å². The van der Waals surface area contributed by atoms with Crippen molar-refractivity contribution < 1.29 is 4.74 Å². The van der Waals surface area contributed by atoms with Crippen LogP contribution in [0, 0.1) is 0 Å². The number of rotatable bonds is 2. The van der Waals surface area contributed by atoms with Gasteiger partial charge in [0.1, 0.15) is 5.75 Å². The van der Waals surface area contributed by atoms with Crippen molar-refractivity contribution in [1.29, 1.82) is 0 Å². The van der Waals surface area contributed by atoms with Crippen LogP contribution in [0.15, 0.2) is 54.7 Å². The number of fused-ring (bicyclic) bond motifs is 1. The fourth-order valence-electron chi connectivity index (χ4n) is 2.02. The molecule has 1 N–H and O–H groups in total. The molecule has 2 aromatic carbocycles. The quantitative estimate of drug-likeness (QED) is 0.701. The van der Waals surface area contributed by atoms with Crippen molar-refractivity contribution in [2.75, 3.05) is 7.11 Å². The minimum absolute atomic E-state index is 0.886. The molecule has 3 aromatic rings. The molecule has 0 fully saturated rings. The van der Waals surface area contributed by atoms with Crippen LogP contribution in [0.2, 0.25) is 0 Å². The van der Waals surface area contributed by atoms with Crippen LogP contribution in [0.1, 0.15) is 0 Å². The Morgan fingerprint density at radius 3 is 2.41 bits per heavy atom. The maximum absolute atomic E-state index is 5.16. The number of H-pyrrole nitrogens is 1. The number of ether oxygens (including phenoxy) is 1. The summed E-state index contributed by atoms with van der Waals surface area (Å²) in [6.07, 6.45) is 1.96. The molecule has 0 saturated heterocycles. The van der Waals surface area contributed by atoms with Crippen molar-refractivity contribution in [3.63, 3.8) is 0 Å². The molecule has 1 heterocycles. The van der Waals surface area contributed by atoms with Gasteiger partial charge in [0.2, 0.25) is 0 Å². The first-order valence-electron chi connectivity index (χ1n) is 5.58. The Morgan fingerprint density at radius 2 is 1.65 bits per heavy atom. The Morgan fingerprint density at radius 1 is 0.882 bits per heavy atom. The molecule has 2 nitrogen and oxygen atoms in total. The molecule has 0 saturated carbocycles. The first-order chi connectivity index (χ1) is 8.36. The van der Waals surface area contributed by atoms with Crippen molar-refractivity contribution in [3.05, 3.63) is 54.7 Å². The summed E-state index contributed by atoms with van der Waals surface area (Å²) in [7, 11) is 1.68. The molecule has 0 radical (unpaired) electrons. The molecule has 0 aliphatic carbocycles. The van der Waals surface area contributed by atoms with E-state index in [0.717, 1.165) is 5.75 Å². The molecule has 0 aliphatic heterocycles. The summed E-state index contributed by atoms with van der Waals surface area (Å²) in [6.45, 7) is 0. The Hall–Kier alpha value is -2.22. The van der Waals surface area contributed by atoms with E-state index in [1.165, 1.54) is 22.0 Å². The lowest BCUT2D eigenvalue weighted by molar-refractivity contribution is 0.415. The van der Waals surface area contributed by atoms with Gasteiger partial charge in [-0.25, -0.2) is 0 Å². The number of hydrogen-bond donors (Lipinski definition) is 1. The van der Waals surface area contributed by atoms with Gasteiger partial charge >= 0.3 is 0 Å². The molecule has 3 rings (SSSR count). The first-order valence-corrected chi connectivity index (χ1v) is 5.58. The zero-order valence-electron chi connectivity index (χ0n) is 9.60. The SMILES string of the molecule is COc1ccc(-c2ccc3[nH]ccc3c2)cc1. The molecular formula is C15H13NO. The third kappa shape index (κ3) is 1.78. The van der Waals surface area contributed by atoms with E-state index in [9.17, 15) is 0 Å². The summed E-state index contributed by atoms with van der Waals surface area (Å²) in [5.41, 5.74) is 3.59. The predicted octanol–water partition coefficient (Wildman–Crippen LogP) is 3.84. The lowest BCUT2D eigenvalue weighted by atomic mass is 10.0. The highest BCUT2D eigenvalue weighted by molar-refractivity contribution is 5.85. The second-order valence-corrected chi connectivity index (χ2v) is 4.01. The fraction of sp³-hybridized carbons (Fsp3) is 0.0667. The van der Waals surface area contributed by atoms with Gasteiger partial charge in [-0.1, -0.05) is 18.2 Å². The Balaban J connectivity index is 2.06. The van der Waals surface area contributed by atoms with Gasteiger partial charge in [-0.05, 0) is 46.8 Å². The van der Waals surface area contributed by atoms with Crippen LogP contribution < -0.4 is 4.74 Å². The molecule has 0 amide bonds. The molecule has 1 aromatic heterocycles.